The van der Waals surface area contributed by atoms with Crippen molar-refractivity contribution in [1.82, 2.24) is 0 Å². The van der Waals surface area contributed by atoms with Gasteiger partial charge < -0.3 is 10.5 Å². The van der Waals surface area contributed by atoms with Gasteiger partial charge in [0.2, 0.25) is 0 Å². The van der Waals surface area contributed by atoms with Crippen molar-refractivity contribution >= 4 is 0 Å². The van der Waals surface area contributed by atoms with Gasteiger partial charge in [0.25, 0.3) is 0 Å². The van der Waals surface area contributed by atoms with Crippen LogP contribution in [0.25, 0.3) is 0 Å². The van der Waals surface area contributed by atoms with Crippen LogP contribution in [0.2, 0.25) is 0 Å². The second-order valence-electron chi connectivity index (χ2n) is 5.64. The number of para-hydroxylation sites is 1. The van der Waals surface area contributed by atoms with Crippen molar-refractivity contribution in [2.75, 3.05) is 6.61 Å². The van der Waals surface area contributed by atoms with Crippen LogP contribution in [0, 0.1) is 6.92 Å². The number of hydrogen-bond acceptors (Lipinski definition) is 2. The fourth-order valence-corrected chi connectivity index (χ4v) is 2.95. The van der Waals surface area contributed by atoms with Crippen molar-refractivity contribution in [3.8, 4) is 5.75 Å². The third-order valence-corrected chi connectivity index (χ3v) is 4.11. The van der Waals surface area contributed by atoms with Crippen LogP contribution in [0.1, 0.15) is 29.0 Å². The van der Waals surface area contributed by atoms with Crippen LogP contribution < -0.4 is 10.5 Å². The molecule has 0 saturated carbocycles. The molecule has 0 bridgehead atoms. The largest absolute Gasteiger partial charge is 0.493 e. The van der Waals surface area contributed by atoms with E-state index in [9.17, 15) is 0 Å². The lowest BCUT2D eigenvalue weighted by atomic mass is 9.84. The topological polar surface area (TPSA) is 35.2 Å². The number of rotatable bonds is 3. The quantitative estimate of drug-likeness (QED) is 0.924. The Labute approximate surface area is 120 Å². The molecule has 20 heavy (non-hydrogen) atoms. The molecule has 0 aromatic heterocycles. The van der Waals surface area contributed by atoms with Gasteiger partial charge in [0, 0.05) is 12.0 Å². The van der Waals surface area contributed by atoms with Crippen molar-refractivity contribution < 1.29 is 4.74 Å². The van der Waals surface area contributed by atoms with E-state index in [4.69, 9.17) is 10.5 Å². The molecule has 2 atom stereocenters. The summed E-state index contributed by atoms with van der Waals surface area (Å²) in [6.07, 6.45) is 1.92. The van der Waals surface area contributed by atoms with Crippen molar-refractivity contribution in [3.05, 3.63) is 65.2 Å². The zero-order chi connectivity index (χ0) is 13.9. The lowest BCUT2D eigenvalue weighted by molar-refractivity contribution is 0.254. The van der Waals surface area contributed by atoms with E-state index in [0.717, 1.165) is 25.2 Å². The third kappa shape index (κ3) is 2.70. The number of nitrogens with two attached hydrogens (primary N) is 1. The summed E-state index contributed by atoms with van der Waals surface area (Å²) < 4.78 is 5.71. The van der Waals surface area contributed by atoms with Gasteiger partial charge in [-0.25, -0.2) is 0 Å². The molecule has 0 amide bonds. The monoisotopic (exact) mass is 267 g/mol. The van der Waals surface area contributed by atoms with E-state index >= 15 is 0 Å². The van der Waals surface area contributed by atoms with E-state index in [0.29, 0.717) is 5.92 Å². The normalized spacial score (nSPS) is 19.0. The molecular weight excluding hydrogens is 246 g/mol. The fraction of sp³-hybridized carbons (Fsp3) is 0.333. The number of benzene rings is 2. The maximum Gasteiger partial charge on any atom is 0.122 e. The first-order valence-corrected chi connectivity index (χ1v) is 7.27. The Bertz CT molecular complexity index is 576. The summed E-state index contributed by atoms with van der Waals surface area (Å²) in [5, 5.41) is 0. The standard InChI is InChI=1S/C18H21NO/c1-13-6-8-14(9-7-13)12-17(19)15-10-11-20-18-5-3-2-4-16(15)18/h2-9,15,17H,10-12,19H2,1H3. The van der Waals surface area contributed by atoms with Crippen LogP contribution in [-0.4, -0.2) is 12.6 Å². The Morgan fingerprint density at radius 2 is 1.90 bits per heavy atom. The number of aryl methyl sites for hydroxylation is 1. The molecule has 1 heterocycles. The zero-order valence-corrected chi connectivity index (χ0v) is 11.9. The highest BCUT2D eigenvalue weighted by Crippen LogP contribution is 2.35. The van der Waals surface area contributed by atoms with Crippen molar-refractivity contribution in [2.24, 2.45) is 5.73 Å². The first-order chi connectivity index (χ1) is 9.74. The minimum absolute atomic E-state index is 0.141. The van der Waals surface area contributed by atoms with Gasteiger partial charge in [-0.15, -0.1) is 0 Å². The molecule has 104 valence electrons. The molecule has 0 spiro atoms. The summed E-state index contributed by atoms with van der Waals surface area (Å²) in [5.41, 5.74) is 10.3. The molecule has 2 aromatic carbocycles. The molecular formula is C18H21NO. The molecule has 0 aliphatic carbocycles. The first kappa shape index (κ1) is 13.2. The zero-order valence-electron chi connectivity index (χ0n) is 11.9. The molecule has 0 radical (unpaired) electrons. The van der Waals surface area contributed by atoms with Crippen LogP contribution in [-0.2, 0) is 6.42 Å². The van der Waals surface area contributed by atoms with Gasteiger partial charge in [-0.1, -0.05) is 48.0 Å². The third-order valence-electron chi connectivity index (χ3n) is 4.11. The summed E-state index contributed by atoms with van der Waals surface area (Å²) in [6.45, 7) is 2.88. The molecule has 2 aromatic rings. The summed E-state index contributed by atoms with van der Waals surface area (Å²) in [6, 6.07) is 17.1. The molecule has 0 saturated heterocycles. The molecule has 2 nitrogen and oxygen atoms in total. The SMILES string of the molecule is Cc1ccc(CC(N)C2CCOc3ccccc32)cc1. The Morgan fingerprint density at radius 3 is 2.70 bits per heavy atom. The summed E-state index contributed by atoms with van der Waals surface area (Å²) in [7, 11) is 0. The van der Waals surface area contributed by atoms with Crippen LogP contribution in [0.5, 0.6) is 5.75 Å². The fourth-order valence-electron chi connectivity index (χ4n) is 2.95. The predicted octanol–water partition coefficient (Wildman–Crippen LogP) is 3.43. The average Bonchev–Trinajstić information content (AvgIpc) is 2.49. The molecule has 3 rings (SSSR count). The van der Waals surface area contributed by atoms with Crippen molar-refractivity contribution in [2.45, 2.75) is 31.7 Å². The Hall–Kier alpha value is -1.80. The highest BCUT2D eigenvalue weighted by atomic mass is 16.5. The number of fused-ring (bicyclic) bond motifs is 1. The van der Waals surface area contributed by atoms with Gasteiger partial charge >= 0.3 is 0 Å². The number of hydrogen-bond donors (Lipinski definition) is 1. The van der Waals surface area contributed by atoms with E-state index in [1.807, 2.05) is 12.1 Å². The van der Waals surface area contributed by atoms with E-state index in [1.165, 1.54) is 16.7 Å². The summed E-state index contributed by atoms with van der Waals surface area (Å²) in [4.78, 5) is 0. The predicted molar refractivity (Wildman–Crippen MR) is 82.2 cm³/mol. The van der Waals surface area contributed by atoms with Gasteiger partial charge in [-0.05, 0) is 37.0 Å². The molecule has 2 heteroatoms. The second-order valence-corrected chi connectivity index (χ2v) is 5.64. The summed E-state index contributed by atoms with van der Waals surface area (Å²) in [5.74, 6) is 1.39. The van der Waals surface area contributed by atoms with Crippen molar-refractivity contribution in [3.63, 3.8) is 0 Å². The van der Waals surface area contributed by atoms with Crippen LogP contribution in [0.3, 0.4) is 0 Å². The molecule has 0 fully saturated rings. The Kier molecular flexibility index (Phi) is 3.75. The van der Waals surface area contributed by atoms with Gasteiger partial charge in [-0.2, -0.15) is 0 Å². The average molecular weight is 267 g/mol. The first-order valence-electron chi connectivity index (χ1n) is 7.27. The highest BCUT2D eigenvalue weighted by Gasteiger charge is 2.26. The molecule has 2 N–H and O–H groups in total. The number of ether oxygens (including phenoxy) is 1. The van der Waals surface area contributed by atoms with E-state index < -0.39 is 0 Å². The van der Waals surface area contributed by atoms with Gasteiger partial charge in [0.05, 0.1) is 6.61 Å². The smallest absolute Gasteiger partial charge is 0.122 e. The molecule has 2 unspecified atom stereocenters. The molecule has 1 aliphatic heterocycles. The van der Waals surface area contributed by atoms with Gasteiger partial charge in [-0.3, -0.25) is 0 Å². The van der Waals surface area contributed by atoms with E-state index in [-0.39, 0.29) is 6.04 Å². The van der Waals surface area contributed by atoms with Crippen LogP contribution in [0.4, 0.5) is 0 Å². The lowest BCUT2D eigenvalue weighted by Gasteiger charge is -2.30. The second kappa shape index (κ2) is 5.68. The molecule has 1 aliphatic rings. The maximum atomic E-state index is 6.48. The minimum atomic E-state index is 0.141. The van der Waals surface area contributed by atoms with Gasteiger partial charge in [0.1, 0.15) is 5.75 Å². The van der Waals surface area contributed by atoms with Crippen molar-refractivity contribution in [1.29, 1.82) is 0 Å². The highest BCUT2D eigenvalue weighted by molar-refractivity contribution is 5.39. The van der Waals surface area contributed by atoms with Crippen LogP contribution >= 0.6 is 0 Å². The summed E-state index contributed by atoms with van der Waals surface area (Å²) >= 11 is 0. The Balaban J connectivity index is 1.78. The van der Waals surface area contributed by atoms with E-state index in [2.05, 4.69) is 43.3 Å². The van der Waals surface area contributed by atoms with E-state index in [1.54, 1.807) is 0 Å². The lowest BCUT2D eigenvalue weighted by Crippen LogP contribution is -2.34. The van der Waals surface area contributed by atoms with Crippen LogP contribution in [0.15, 0.2) is 48.5 Å². The maximum absolute atomic E-state index is 6.48. The minimum Gasteiger partial charge on any atom is -0.493 e. The van der Waals surface area contributed by atoms with Gasteiger partial charge in [0.15, 0.2) is 0 Å². The Morgan fingerprint density at radius 1 is 1.15 bits per heavy atom.